The van der Waals surface area contributed by atoms with Crippen molar-refractivity contribution in [3.63, 3.8) is 0 Å². The molecule has 2 N–H and O–H groups in total. The van der Waals surface area contributed by atoms with Crippen molar-refractivity contribution in [3.8, 4) is 11.5 Å². The summed E-state index contributed by atoms with van der Waals surface area (Å²) in [7, 11) is 2.18. The second-order valence-corrected chi connectivity index (χ2v) is 9.44. The molecule has 8 nitrogen and oxygen atoms in total. The summed E-state index contributed by atoms with van der Waals surface area (Å²) < 4.78 is 13.6. The molecule has 2 saturated heterocycles. The van der Waals surface area contributed by atoms with Gasteiger partial charge in [-0.2, -0.15) is 5.10 Å². The number of fused-ring (bicyclic) bond motifs is 2. The Morgan fingerprint density at radius 3 is 2.59 bits per heavy atom. The number of benzene rings is 2. The van der Waals surface area contributed by atoms with E-state index in [1.165, 1.54) is 12.1 Å². The lowest BCUT2D eigenvalue weighted by Gasteiger charge is -2.42. The van der Waals surface area contributed by atoms with E-state index in [0.29, 0.717) is 34.2 Å². The maximum atomic E-state index is 13.6. The van der Waals surface area contributed by atoms with Crippen LogP contribution in [-0.2, 0) is 0 Å². The summed E-state index contributed by atoms with van der Waals surface area (Å²) in [6.45, 7) is 6.02. The van der Waals surface area contributed by atoms with Gasteiger partial charge in [0.15, 0.2) is 5.82 Å². The highest BCUT2D eigenvalue weighted by Gasteiger charge is 2.29. The number of imidazole rings is 1. The fourth-order valence-electron chi connectivity index (χ4n) is 5.23. The highest BCUT2D eigenvalue weighted by atomic mass is 19.1. The average molecular weight is 462 g/mol. The van der Waals surface area contributed by atoms with Gasteiger partial charge in [0.2, 0.25) is 0 Å². The molecule has 0 saturated carbocycles. The number of amides is 1. The minimum Gasteiger partial charge on any atom is -0.339 e. The number of aromatic nitrogens is 4. The lowest BCUT2D eigenvalue weighted by Crippen LogP contribution is -2.52. The molecule has 176 valence electrons. The maximum Gasteiger partial charge on any atom is 0.253 e. The van der Waals surface area contributed by atoms with E-state index in [9.17, 15) is 9.18 Å². The molecule has 4 aromatic rings. The zero-order chi connectivity index (χ0) is 23.2. The first kappa shape index (κ1) is 21.2. The van der Waals surface area contributed by atoms with Crippen molar-refractivity contribution in [3.05, 3.63) is 47.8 Å². The van der Waals surface area contributed by atoms with Gasteiger partial charge < -0.3 is 14.8 Å². The van der Waals surface area contributed by atoms with Crippen LogP contribution in [0.15, 0.2) is 36.4 Å². The van der Waals surface area contributed by atoms with Crippen LogP contribution < -0.4 is 0 Å². The average Bonchev–Trinajstić information content (AvgIpc) is 3.47. The number of H-pyrrole nitrogens is 2. The van der Waals surface area contributed by atoms with Gasteiger partial charge in [0.1, 0.15) is 11.5 Å². The summed E-state index contributed by atoms with van der Waals surface area (Å²) in [5.41, 5.74) is 3.38. The Kier molecular flexibility index (Phi) is 5.30. The first-order valence-corrected chi connectivity index (χ1v) is 11.9. The molecule has 2 aliphatic rings. The van der Waals surface area contributed by atoms with Crippen LogP contribution in [0.5, 0.6) is 0 Å². The number of carbonyl (C=O) groups is 1. The number of piperidine rings is 1. The predicted molar refractivity (Wildman–Crippen MR) is 129 cm³/mol. The van der Waals surface area contributed by atoms with Crippen molar-refractivity contribution in [1.29, 1.82) is 0 Å². The molecule has 34 heavy (non-hydrogen) atoms. The van der Waals surface area contributed by atoms with Crippen molar-refractivity contribution in [2.24, 2.45) is 0 Å². The third kappa shape index (κ3) is 3.84. The van der Waals surface area contributed by atoms with Crippen molar-refractivity contribution >= 4 is 27.8 Å². The van der Waals surface area contributed by atoms with Gasteiger partial charge in [-0.05, 0) is 56.3 Å². The largest absolute Gasteiger partial charge is 0.339 e. The van der Waals surface area contributed by atoms with Gasteiger partial charge in [0, 0.05) is 56.3 Å². The number of hydrogen-bond donors (Lipinski definition) is 2. The quantitative estimate of drug-likeness (QED) is 0.490. The van der Waals surface area contributed by atoms with E-state index in [0.717, 1.165) is 63.0 Å². The summed E-state index contributed by atoms with van der Waals surface area (Å²) in [4.78, 5) is 28.0. The normalized spacial score (nSPS) is 18.8. The third-order valence-corrected chi connectivity index (χ3v) is 7.28. The molecule has 0 radical (unpaired) electrons. The van der Waals surface area contributed by atoms with Crippen LogP contribution in [0.3, 0.4) is 0 Å². The molecule has 4 heterocycles. The van der Waals surface area contributed by atoms with E-state index in [2.05, 4.69) is 37.0 Å². The molecule has 1 amide bonds. The summed E-state index contributed by atoms with van der Waals surface area (Å²) in [6.07, 6.45) is 2.04. The smallest absolute Gasteiger partial charge is 0.253 e. The van der Waals surface area contributed by atoms with E-state index in [4.69, 9.17) is 0 Å². The second-order valence-electron chi connectivity index (χ2n) is 9.44. The van der Waals surface area contributed by atoms with Crippen LogP contribution in [0.2, 0.25) is 0 Å². The van der Waals surface area contributed by atoms with Crippen molar-refractivity contribution in [2.75, 3.05) is 46.3 Å². The molecule has 2 aliphatic heterocycles. The number of halogens is 1. The van der Waals surface area contributed by atoms with Gasteiger partial charge in [-0.15, -0.1) is 0 Å². The summed E-state index contributed by atoms with van der Waals surface area (Å²) in [5.74, 6) is 0.279. The fourth-order valence-corrected chi connectivity index (χ4v) is 5.23. The zero-order valence-corrected chi connectivity index (χ0v) is 19.2. The van der Waals surface area contributed by atoms with Crippen LogP contribution >= 0.6 is 0 Å². The van der Waals surface area contributed by atoms with Gasteiger partial charge in [0.05, 0.1) is 16.6 Å². The summed E-state index contributed by atoms with van der Waals surface area (Å²) in [5, 5.41) is 8.25. The standard InChI is InChI=1S/C25H28FN7O/c1-31-10-12-32(13-11-31)18-6-8-33(9-7-18)25(34)16-2-4-20-19(14-16)23(30-29-20)24-27-21-5-3-17(26)15-22(21)28-24/h2-5,14-15,18H,6-13H2,1H3,(H,27,28)(H,29,30). The third-order valence-electron chi connectivity index (χ3n) is 7.28. The molecule has 2 fully saturated rings. The van der Waals surface area contributed by atoms with Crippen LogP contribution in [0.4, 0.5) is 4.39 Å². The summed E-state index contributed by atoms with van der Waals surface area (Å²) in [6, 6.07) is 10.6. The molecule has 6 rings (SSSR count). The van der Waals surface area contributed by atoms with Gasteiger partial charge >= 0.3 is 0 Å². The Balaban J connectivity index is 1.21. The van der Waals surface area contributed by atoms with Crippen molar-refractivity contribution < 1.29 is 9.18 Å². The number of likely N-dealkylation sites (N-methyl/N-ethyl adjacent to an activating group) is 1. The molecular weight excluding hydrogens is 433 g/mol. The van der Waals surface area contributed by atoms with Crippen LogP contribution in [0, 0.1) is 5.82 Å². The zero-order valence-electron chi connectivity index (χ0n) is 19.2. The van der Waals surface area contributed by atoms with Crippen LogP contribution in [0.25, 0.3) is 33.5 Å². The molecule has 2 aromatic heterocycles. The van der Waals surface area contributed by atoms with Gasteiger partial charge in [-0.25, -0.2) is 9.37 Å². The Bertz CT molecular complexity index is 1350. The van der Waals surface area contributed by atoms with Crippen LogP contribution in [-0.4, -0.2) is 93.1 Å². The van der Waals surface area contributed by atoms with Gasteiger partial charge in [0.25, 0.3) is 5.91 Å². The van der Waals surface area contributed by atoms with Gasteiger partial charge in [-0.3, -0.25) is 14.8 Å². The summed E-state index contributed by atoms with van der Waals surface area (Å²) >= 11 is 0. The van der Waals surface area contributed by atoms with Crippen LogP contribution in [0.1, 0.15) is 23.2 Å². The number of likely N-dealkylation sites (tertiary alicyclic amines) is 1. The maximum absolute atomic E-state index is 13.6. The topological polar surface area (TPSA) is 84.2 Å². The number of nitrogens with one attached hydrogen (secondary N) is 2. The van der Waals surface area contributed by atoms with Crippen molar-refractivity contribution in [2.45, 2.75) is 18.9 Å². The van der Waals surface area contributed by atoms with Crippen molar-refractivity contribution in [1.82, 2.24) is 34.9 Å². The number of aromatic amines is 2. The van der Waals surface area contributed by atoms with E-state index < -0.39 is 0 Å². The van der Waals surface area contributed by atoms with E-state index >= 15 is 0 Å². The number of piperazine rings is 1. The monoisotopic (exact) mass is 461 g/mol. The van der Waals surface area contributed by atoms with E-state index in [1.54, 1.807) is 6.07 Å². The molecule has 0 bridgehead atoms. The molecule has 0 spiro atoms. The Hall–Kier alpha value is -3.30. The molecule has 0 unspecified atom stereocenters. The lowest BCUT2D eigenvalue weighted by molar-refractivity contribution is 0.0519. The minimum absolute atomic E-state index is 0.0533. The Morgan fingerprint density at radius 1 is 1.00 bits per heavy atom. The first-order chi connectivity index (χ1) is 16.5. The fraction of sp³-hybridized carbons (Fsp3) is 0.400. The molecule has 9 heteroatoms. The minimum atomic E-state index is -0.320. The Labute approximate surface area is 196 Å². The SMILES string of the molecule is CN1CCN(C2CCN(C(=O)c3ccc4[nH]nc(-c5nc6ccc(F)cc6[nH]5)c4c3)CC2)CC1. The molecule has 0 aliphatic carbocycles. The number of rotatable bonds is 3. The van der Waals surface area contributed by atoms with Gasteiger partial charge in [-0.1, -0.05) is 0 Å². The number of nitrogens with zero attached hydrogens (tertiary/aromatic N) is 5. The highest BCUT2D eigenvalue weighted by molar-refractivity contribution is 6.01. The second kappa shape index (κ2) is 8.48. The molecular formula is C25H28FN7O. The first-order valence-electron chi connectivity index (χ1n) is 11.9. The Morgan fingerprint density at radius 2 is 1.79 bits per heavy atom. The molecule has 0 atom stereocenters. The van der Waals surface area contributed by atoms with E-state index in [-0.39, 0.29) is 11.7 Å². The lowest BCUT2D eigenvalue weighted by atomic mass is 10.0. The number of carbonyl (C=O) groups excluding carboxylic acids is 1. The number of hydrogen-bond acceptors (Lipinski definition) is 5. The predicted octanol–water partition coefficient (Wildman–Crippen LogP) is 3.10. The van der Waals surface area contributed by atoms with E-state index in [1.807, 2.05) is 23.1 Å². The highest BCUT2D eigenvalue weighted by Crippen LogP contribution is 2.28. The molecule has 2 aromatic carbocycles.